The van der Waals surface area contributed by atoms with Gasteiger partial charge in [0.1, 0.15) is 0 Å². The van der Waals surface area contributed by atoms with E-state index in [1.807, 2.05) is 0 Å². The SMILES string of the molecule is CC(C)(C)c1ccc2c(c1)C(C1CCC1)C(=O)N2. The Balaban J connectivity index is 2.02. The Labute approximate surface area is 109 Å². The Hall–Kier alpha value is -1.31. The summed E-state index contributed by atoms with van der Waals surface area (Å²) in [6.07, 6.45) is 3.69. The highest BCUT2D eigenvalue weighted by Crippen LogP contribution is 2.46. The van der Waals surface area contributed by atoms with E-state index in [0.29, 0.717) is 5.92 Å². The maximum absolute atomic E-state index is 12.1. The van der Waals surface area contributed by atoms with Crippen LogP contribution < -0.4 is 5.32 Å². The molecule has 3 rings (SSSR count). The van der Waals surface area contributed by atoms with Crippen molar-refractivity contribution in [1.29, 1.82) is 0 Å². The Kier molecular flexibility index (Phi) is 2.51. The summed E-state index contributed by atoms with van der Waals surface area (Å²) in [7, 11) is 0. The van der Waals surface area contributed by atoms with Crippen molar-refractivity contribution in [3.8, 4) is 0 Å². The van der Waals surface area contributed by atoms with Crippen LogP contribution in [0.4, 0.5) is 5.69 Å². The first-order valence-electron chi connectivity index (χ1n) is 6.92. The van der Waals surface area contributed by atoms with Gasteiger partial charge in [-0.3, -0.25) is 4.79 Å². The van der Waals surface area contributed by atoms with Gasteiger partial charge in [-0.25, -0.2) is 0 Å². The largest absolute Gasteiger partial charge is 0.325 e. The van der Waals surface area contributed by atoms with E-state index in [2.05, 4.69) is 44.3 Å². The minimum absolute atomic E-state index is 0.107. The number of hydrogen-bond acceptors (Lipinski definition) is 1. The first-order valence-corrected chi connectivity index (χ1v) is 6.92. The second kappa shape index (κ2) is 3.84. The number of anilines is 1. The molecule has 2 heteroatoms. The molecule has 1 aliphatic heterocycles. The molecule has 0 spiro atoms. The first kappa shape index (κ1) is 11.8. The zero-order valence-electron chi connectivity index (χ0n) is 11.4. The minimum Gasteiger partial charge on any atom is -0.325 e. The lowest BCUT2D eigenvalue weighted by Gasteiger charge is -2.30. The molecule has 1 aliphatic carbocycles. The van der Waals surface area contributed by atoms with E-state index < -0.39 is 0 Å². The summed E-state index contributed by atoms with van der Waals surface area (Å²) in [6.45, 7) is 6.66. The number of carbonyl (C=O) groups is 1. The maximum Gasteiger partial charge on any atom is 0.232 e. The molecule has 2 nitrogen and oxygen atoms in total. The molecule has 1 N–H and O–H groups in total. The van der Waals surface area contributed by atoms with Crippen molar-refractivity contribution in [3.63, 3.8) is 0 Å². The van der Waals surface area contributed by atoms with E-state index in [1.165, 1.54) is 30.4 Å². The number of fused-ring (bicyclic) bond motifs is 1. The molecule has 0 saturated heterocycles. The van der Waals surface area contributed by atoms with Gasteiger partial charge in [-0.15, -0.1) is 0 Å². The minimum atomic E-state index is 0.107. The summed E-state index contributed by atoms with van der Waals surface area (Å²) in [5.74, 6) is 0.887. The Bertz CT molecular complexity index is 494. The van der Waals surface area contributed by atoms with Crippen molar-refractivity contribution < 1.29 is 4.79 Å². The van der Waals surface area contributed by atoms with Gasteiger partial charge in [-0.1, -0.05) is 39.3 Å². The number of rotatable bonds is 1. The summed E-state index contributed by atoms with van der Waals surface area (Å²) in [5, 5.41) is 3.04. The van der Waals surface area contributed by atoms with Crippen molar-refractivity contribution >= 4 is 11.6 Å². The van der Waals surface area contributed by atoms with E-state index in [0.717, 1.165) is 5.69 Å². The molecule has 96 valence electrons. The second-order valence-corrected chi connectivity index (χ2v) is 6.71. The van der Waals surface area contributed by atoms with E-state index >= 15 is 0 Å². The molecule has 1 fully saturated rings. The highest BCUT2D eigenvalue weighted by atomic mass is 16.2. The summed E-state index contributed by atoms with van der Waals surface area (Å²) in [5.41, 5.74) is 3.73. The third-order valence-electron chi connectivity index (χ3n) is 4.41. The zero-order chi connectivity index (χ0) is 12.9. The van der Waals surface area contributed by atoms with Crippen LogP contribution in [0, 0.1) is 5.92 Å². The van der Waals surface area contributed by atoms with Gasteiger partial charge in [-0.2, -0.15) is 0 Å². The van der Waals surface area contributed by atoms with Crippen molar-refractivity contribution in [1.82, 2.24) is 0 Å². The van der Waals surface area contributed by atoms with Crippen molar-refractivity contribution in [2.75, 3.05) is 5.32 Å². The third-order valence-corrected chi connectivity index (χ3v) is 4.41. The van der Waals surface area contributed by atoms with Crippen LogP contribution in [0.15, 0.2) is 18.2 Å². The lowest BCUT2D eigenvalue weighted by molar-refractivity contribution is -0.118. The van der Waals surface area contributed by atoms with Gasteiger partial charge in [0.2, 0.25) is 5.91 Å². The van der Waals surface area contributed by atoms with Crippen LogP contribution in [0.25, 0.3) is 0 Å². The smallest absolute Gasteiger partial charge is 0.232 e. The first-order chi connectivity index (χ1) is 8.47. The van der Waals surface area contributed by atoms with Crippen LogP contribution >= 0.6 is 0 Å². The molecular formula is C16H21NO. The third kappa shape index (κ3) is 1.75. The van der Waals surface area contributed by atoms with Crippen LogP contribution in [0.3, 0.4) is 0 Å². The molecule has 1 aromatic carbocycles. The molecule has 1 heterocycles. The number of benzene rings is 1. The molecule has 0 aromatic heterocycles. The lowest BCUT2D eigenvalue weighted by atomic mass is 9.73. The molecule has 1 unspecified atom stereocenters. The molecule has 2 aliphatic rings. The van der Waals surface area contributed by atoms with Gasteiger partial charge in [0, 0.05) is 5.69 Å². The second-order valence-electron chi connectivity index (χ2n) is 6.71. The summed E-state index contributed by atoms with van der Waals surface area (Å²) in [6, 6.07) is 6.46. The number of hydrogen-bond donors (Lipinski definition) is 1. The molecule has 0 bridgehead atoms. The maximum atomic E-state index is 12.1. The Morgan fingerprint density at radius 1 is 1.22 bits per heavy atom. The van der Waals surface area contributed by atoms with Gasteiger partial charge in [0.15, 0.2) is 0 Å². The van der Waals surface area contributed by atoms with Crippen LogP contribution in [-0.2, 0) is 10.2 Å². The van der Waals surface area contributed by atoms with E-state index in [9.17, 15) is 4.79 Å². The van der Waals surface area contributed by atoms with Gasteiger partial charge in [0.25, 0.3) is 0 Å². The molecule has 1 aromatic rings. The molecule has 18 heavy (non-hydrogen) atoms. The summed E-state index contributed by atoms with van der Waals surface area (Å²) >= 11 is 0. The normalized spacial score (nSPS) is 23.5. The van der Waals surface area contributed by atoms with E-state index in [1.54, 1.807) is 0 Å². The van der Waals surface area contributed by atoms with Gasteiger partial charge in [0.05, 0.1) is 5.92 Å². The average molecular weight is 243 g/mol. The number of carbonyl (C=O) groups excluding carboxylic acids is 1. The monoisotopic (exact) mass is 243 g/mol. The fraction of sp³-hybridized carbons (Fsp3) is 0.562. The van der Waals surface area contributed by atoms with E-state index in [-0.39, 0.29) is 17.2 Å². The van der Waals surface area contributed by atoms with Crippen LogP contribution in [0.1, 0.15) is 57.1 Å². The predicted octanol–water partition coefficient (Wildman–Crippen LogP) is 3.82. The van der Waals surface area contributed by atoms with Crippen LogP contribution in [0.5, 0.6) is 0 Å². The fourth-order valence-corrected chi connectivity index (χ4v) is 2.99. The highest BCUT2D eigenvalue weighted by molar-refractivity contribution is 6.03. The topological polar surface area (TPSA) is 29.1 Å². The van der Waals surface area contributed by atoms with Crippen molar-refractivity contribution in [2.24, 2.45) is 5.92 Å². The average Bonchev–Trinajstić information content (AvgIpc) is 2.51. The summed E-state index contributed by atoms with van der Waals surface area (Å²) in [4.78, 5) is 12.1. The zero-order valence-corrected chi connectivity index (χ0v) is 11.4. The van der Waals surface area contributed by atoms with Crippen molar-refractivity contribution in [3.05, 3.63) is 29.3 Å². The molecule has 1 saturated carbocycles. The van der Waals surface area contributed by atoms with E-state index in [4.69, 9.17) is 0 Å². The number of nitrogens with one attached hydrogen (secondary N) is 1. The molecule has 1 atom stereocenters. The fourth-order valence-electron chi connectivity index (χ4n) is 2.99. The van der Waals surface area contributed by atoms with Crippen LogP contribution in [0.2, 0.25) is 0 Å². The Morgan fingerprint density at radius 2 is 1.94 bits per heavy atom. The van der Waals surface area contributed by atoms with Crippen LogP contribution in [-0.4, -0.2) is 5.91 Å². The quantitative estimate of drug-likeness (QED) is 0.798. The standard InChI is InChI=1S/C16H21NO/c1-16(2,3)11-7-8-13-12(9-11)14(15(18)17-13)10-5-4-6-10/h7-10,14H,4-6H2,1-3H3,(H,17,18). The summed E-state index contributed by atoms with van der Waals surface area (Å²) < 4.78 is 0. The highest BCUT2D eigenvalue weighted by Gasteiger charge is 2.39. The van der Waals surface area contributed by atoms with Crippen molar-refractivity contribution in [2.45, 2.75) is 51.4 Å². The van der Waals surface area contributed by atoms with Gasteiger partial charge < -0.3 is 5.32 Å². The number of amides is 1. The Morgan fingerprint density at radius 3 is 2.50 bits per heavy atom. The lowest BCUT2D eigenvalue weighted by Crippen LogP contribution is -2.26. The van der Waals surface area contributed by atoms with Gasteiger partial charge >= 0.3 is 0 Å². The van der Waals surface area contributed by atoms with Gasteiger partial charge in [-0.05, 0) is 41.4 Å². The molecule has 1 amide bonds. The molecular weight excluding hydrogens is 222 g/mol. The molecule has 0 radical (unpaired) electrons. The predicted molar refractivity (Wildman–Crippen MR) is 73.9 cm³/mol.